The molecule has 6 heteroatoms. The van der Waals surface area contributed by atoms with Crippen LogP contribution < -0.4 is 5.73 Å². The van der Waals surface area contributed by atoms with Crippen molar-refractivity contribution < 1.29 is 0 Å². The molecule has 2 heterocycles. The predicted molar refractivity (Wildman–Crippen MR) is 77.1 cm³/mol. The molecule has 2 aromatic heterocycles. The number of hydrogen-bond acceptors (Lipinski definition) is 5. The highest BCUT2D eigenvalue weighted by molar-refractivity contribution is 7.18. The third-order valence-corrected chi connectivity index (χ3v) is 4.75. The number of aromatic nitrogens is 4. The van der Waals surface area contributed by atoms with Crippen LogP contribution in [0.25, 0.3) is 10.7 Å². The normalized spacial score (nSPS) is 16.9. The molecule has 0 bridgehead atoms. The summed E-state index contributed by atoms with van der Waals surface area (Å²) in [5.74, 6) is 2.41. The van der Waals surface area contributed by atoms with Crippen LogP contribution in [-0.2, 0) is 7.05 Å². The Balaban J connectivity index is 1.95. The van der Waals surface area contributed by atoms with Crippen molar-refractivity contribution in [3.05, 3.63) is 11.5 Å². The molecule has 5 nitrogen and oxygen atoms in total. The second-order valence-electron chi connectivity index (χ2n) is 5.22. The molecule has 1 aliphatic rings. The van der Waals surface area contributed by atoms with Gasteiger partial charge in [-0.05, 0) is 19.8 Å². The summed E-state index contributed by atoms with van der Waals surface area (Å²) < 4.78 is 1.86. The highest BCUT2D eigenvalue weighted by Gasteiger charge is 2.22. The van der Waals surface area contributed by atoms with Gasteiger partial charge in [-0.2, -0.15) is 5.10 Å². The number of anilines is 1. The van der Waals surface area contributed by atoms with Crippen LogP contribution in [0.5, 0.6) is 0 Å². The van der Waals surface area contributed by atoms with E-state index in [-0.39, 0.29) is 0 Å². The maximum absolute atomic E-state index is 5.77. The average molecular weight is 277 g/mol. The Bertz CT molecular complexity index is 580. The second-order valence-corrected chi connectivity index (χ2v) is 6.25. The second kappa shape index (κ2) is 4.92. The Hall–Kier alpha value is -1.43. The van der Waals surface area contributed by atoms with Gasteiger partial charge >= 0.3 is 0 Å². The van der Waals surface area contributed by atoms with Crippen LogP contribution >= 0.6 is 11.3 Å². The SMILES string of the molecule is Cc1nc(N)sc1-c1nc(C2CCCCC2)nn1C. The quantitative estimate of drug-likeness (QED) is 0.916. The maximum atomic E-state index is 5.77. The molecule has 19 heavy (non-hydrogen) atoms. The molecule has 0 saturated heterocycles. The standard InChI is InChI=1S/C13H19N5S/c1-8-10(19-13(14)15-8)12-16-11(17-18(12)2)9-6-4-3-5-7-9/h9H,3-7H2,1-2H3,(H2,14,15). The third kappa shape index (κ3) is 2.36. The Morgan fingerprint density at radius 1 is 1.21 bits per heavy atom. The number of thiazole rings is 1. The van der Waals surface area contributed by atoms with Gasteiger partial charge in [0.1, 0.15) is 0 Å². The van der Waals surface area contributed by atoms with Crippen LogP contribution in [0.2, 0.25) is 0 Å². The van der Waals surface area contributed by atoms with Crippen molar-refractivity contribution in [2.75, 3.05) is 5.73 Å². The Morgan fingerprint density at radius 3 is 2.58 bits per heavy atom. The first-order chi connectivity index (χ1) is 9.15. The molecule has 1 aliphatic carbocycles. The van der Waals surface area contributed by atoms with Crippen molar-refractivity contribution in [2.45, 2.75) is 44.9 Å². The molecule has 0 spiro atoms. The molecule has 0 atom stereocenters. The summed E-state index contributed by atoms with van der Waals surface area (Å²) >= 11 is 1.48. The molecule has 2 aromatic rings. The summed E-state index contributed by atoms with van der Waals surface area (Å²) in [6.07, 6.45) is 6.37. The smallest absolute Gasteiger partial charge is 0.180 e. The van der Waals surface area contributed by atoms with Gasteiger partial charge in [-0.25, -0.2) is 14.6 Å². The molecule has 0 aromatic carbocycles. The summed E-state index contributed by atoms with van der Waals surface area (Å²) in [6.45, 7) is 1.97. The number of aryl methyl sites for hydroxylation is 2. The van der Waals surface area contributed by atoms with Crippen molar-refractivity contribution in [1.29, 1.82) is 0 Å². The fraction of sp³-hybridized carbons (Fsp3) is 0.615. The molecular formula is C13H19N5S. The number of rotatable bonds is 2. The van der Waals surface area contributed by atoms with Crippen molar-refractivity contribution in [3.8, 4) is 10.7 Å². The maximum Gasteiger partial charge on any atom is 0.180 e. The molecule has 0 radical (unpaired) electrons. The topological polar surface area (TPSA) is 69.6 Å². The lowest BCUT2D eigenvalue weighted by molar-refractivity contribution is 0.427. The van der Waals surface area contributed by atoms with Crippen LogP contribution in [0, 0.1) is 6.92 Å². The summed E-state index contributed by atoms with van der Waals surface area (Å²) in [6, 6.07) is 0. The lowest BCUT2D eigenvalue weighted by Crippen LogP contribution is -2.06. The molecule has 1 fully saturated rings. The minimum atomic E-state index is 0.527. The van der Waals surface area contributed by atoms with Crippen molar-refractivity contribution in [3.63, 3.8) is 0 Å². The number of nitrogen functional groups attached to an aromatic ring is 1. The lowest BCUT2D eigenvalue weighted by Gasteiger charge is -2.18. The molecule has 0 aliphatic heterocycles. The van der Waals surface area contributed by atoms with Crippen molar-refractivity contribution in [2.24, 2.45) is 7.05 Å². The van der Waals surface area contributed by atoms with E-state index < -0.39 is 0 Å². The average Bonchev–Trinajstić information content (AvgIpc) is 2.93. The third-order valence-electron chi connectivity index (χ3n) is 3.77. The van der Waals surface area contributed by atoms with Gasteiger partial charge in [0.25, 0.3) is 0 Å². The number of hydrogen-bond donors (Lipinski definition) is 1. The number of nitrogens with two attached hydrogens (primary N) is 1. The zero-order valence-corrected chi connectivity index (χ0v) is 12.2. The molecule has 102 valence electrons. The predicted octanol–water partition coefficient (Wildman–Crippen LogP) is 2.88. The Labute approximate surface area is 116 Å². The zero-order valence-electron chi connectivity index (χ0n) is 11.4. The van der Waals surface area contributed by atoms with Gasteiger partial charge < -0.3 is 5.73 Å². The van der Waals surface area contributed by atoms with E-state index in [0.717, 1.165) is 22.2 Å². The molecule has 0 unspecified atom stereocenters. The molecule has 3 rings (SSSR count). The Morgan fingerprint density at radius 2 is 1.95 bits per heavy atom. The first-order valence-corrected chi connectivity index (χ1v) is 7.61. The molecular weight excluding hydrogens is 258 g/mol. The largest absolute Gasteiger partial charge is 0.375 e. The summed E-state index contributed by atoms with van der Waals surface area (Å²) in [7, 11) is 1.95. The summed E-state index contributed by atoms with van der Waals surface area (Å²) in [5.41, 5.74) is 6.70. The zero-order chi connectivity index (χ0) is 13.4. The van der Waals surface area contributed by atoms with Crippen LogP contribution in [-0.4, -0.2) is 19.7 Å². The van der Waals surface area contributed by atoms with E-state index >= 15 is 0 Å². The van der Waals surface area contributed by atoms with E-state index in [1.165, 1.54) is 43.4 Å². The highest BCUT2D eigenvalue weighted by Crippen LogP contribution is 2.34. The van der Waals surface area contributed by atoms with E-state index in [9.17, 15) is 0 Å². The molecule has 2 N–H and O–H groups in total. The Kier molecular flexibility index (Phi) is 3.26. The first-order valence-electron chi connectivity index (χ1n) is 6.79. The summed E-state index contributed by atoms with van der Waals surface area (Å²) in [5, 5.41) is 5.20. The van der Waals surface area contributed by atoms with E-state index in [2.05, 4.69) is 10.1 Å². The van der Waals surface area contributed by atoms with E-state index in [4.69, 9.17) is 10.7 Å². The highest BCUT2D eigenvalue weighted by atomic mass is 32.1. The van der Waals surface area contributed by atoms with Gasteiger partial charge in [0.2, 0.25) is 0 Å². The fourth-order valence-electron chi connectivity index (χ4n) is 2.76. The van der Waals surface area contributed by atoms with E-state index in [1.54, 1.807) is 0 Å². The minimum Gasteiger partial charge on any atom is -0.375 e. The van der Waals surface area contributed by atoms with Gasteiger partial charge in [0.15, 0.2) is 16.8 Å². The van der Waals surface area contributed by atoms with Crippen LogP contribution in [0.15, 0.2) is 0 Å². The molecule has 0 amide bonds. The summed E-state index contributed by atoms with van der Waals surface area (Å²) in [4.78, 5) is 10.0. The van der Waals surface area contributed by atoms with Gasteiger partial charge in [0.05, 0.1) is 10.6 Å². The number of nitrogens with zero attached hydrogens (tertiary/aromatic N) is 4. The fourth-order valence-corrected chi connectivity index (χ4v) is 3.61. The monoisotopic (exact) mass is 277 g/mol. The first kappa shape index (κ1) is 12.6. The van der Waals surface area contributed by atoms with Crippen molar-refractivity contribution in [1.82, 2.24) is 19.7 Å². The van der Waals surface area contributed by atoms with Crippen LogP contribution in [0.3, 0.4) is 0 Å². The van der Waals surface area contributed by atoms with E-state index in [0.29, 0.717) is 11.0 Å². The van der Waals surface area contributed by atoms with Crippen LogP contribution in [0.4, 0.5) is 5.13 Å². The van der Waals surface area contributed by atoms with Gasteiger partial charge in [-0.15, -0.1) is 0 Å². The van der Waals surface area contributed by atoms with E-state index in [1.807, 2.05) is 18.7 Å². The van der Waals surface area contributed by atoms with Gasteiger partial charge in [-0.3, -0.25) is 0 Å². The van der Waals surface area contributed by atoms with Crippen molar-refractivity contribution >= 4 is 16.5 Å². The molecule has 1 saturated carbocycles. The van der Waals surface area contributed by atoms with Gasteiger partial charge in [0, 0.05) is 13.0 Å². The van der Waals surface area contributed by atoms with Gasteiger partial charge in [-0.1, -0.05) is 30.6 Å². The lowest BCUT2D eigenvalue weighted by atomic mass is 9.89. The van der Waals surface area contributed by atoms with Crippen LogP contribution in [0.1, 0.15) is 49.5 Å². The minimum absolute atomic E-state index is 0.527.